The second-order valence-corrected chi connectivity index (χ2v) is 4.58. The highest BCUT2D eigenvalue weighted by molar-refractivity contribution is 6.30. The van der Waals surface area contributed by atoms with E-state index in [2.05, 4.69) is 0 Å². The molecule has 4 nitrogen and oxygen atoms in total. The lowest BCUT2D eigenvalue weighted by atomic mass is 9.97. The second kappa shape index (κ2) is 5.89. The van der Waals surface area contributed by atoms with Gasteiger partial charge in [0, 0.05) is 24.5 Å². The molecule has 0 aliphatic carbocycles. The number of hydrogen-bond donors (Lipinski definition) is 2. The van der Waals surface area contributed by atoms with E-state index in [-0.39, 0.29) is 12.5 Å². The van der Waals surface area contributed by atoms with Crippen LogP contribution in [0.25, 0.3) is 0 Å². The molecule has 0 fully saturated rings. The summed E-state index contributed by atoms with van der Waals surface area (Å²) in [7, 11) is 1.48. The van der Waals surface area contributed by atoms with E-state index in [0.29, 0.717) is 10.6 Å². The zero-order valence-corrected chi connectivity index (χ0v) is 10.6. The van der Waals surface area contributed by atoms with E-state index in [1.807, 2.05) is 0 Å². The van der Waals surface area contributed by atoms with Crippen molar-refractivity contribution in [1.82, 2.24) is 4.90 Å². The van der Waals surface area contributed by atoms with Crippen LogP contribution < -0.4 is 0 Å². The maximum Gasteiger partial charge on any atom is 0.407 e. The lowest BCUT2D eigenvalue weighted by Crippen LogP contribution is -2.31. The van der Waals surface area contributed by atoms with Crippen LogP contribution >= 0.6 is 11.6 Å². The summed E-state index contributed by atoms with van der Waals surface area (Å²) in [5.74, 6) is -0.199. The fourth-order valence-corrected chi connectivity index (χ4v) is 1.83. The molecule has 2 atom stereocenters. The highest BCUT2D eigenvalue weighted by Crippen LogP contribution is 2.24. The molecule has 0 radical (unpaired) electrons. The molecule has 0 aliphatic rings. The fraction of sp³-hybridized carbons (Fsp3) is 0.417. The van der Waals surface area contributed by atoms with Crippen LogP contribution in [0.1, 0.15) is 18.6 Å². The van der Waals surface area contributed by atoms with Crippen LogP contribution in [0.3, 0.4) is 0 Å². The first-order chi connectivity index (χ1) is 7.91. The number of rotatable bonds is 4. The summed E-state index contributed by atoms with van der Waals surface area (Å²) >= 11 is 5.83. The van der Waals surface area contributed by atoms with Crippen LogP contribution in [-0.2, 0) is 0 Å². The van der Waals surface area contributed by atoms with E-state index in [4.69, 9.17) is 16.7 Å². The lowest BCUT2D eigenvalue weighted by molar-refractivity contribution is 0.0901. The molecular formula is C12H16ClNO3. The Balaban J connectivity index is 2.69. The zero-order chi connectivity index (χ0) is 13.0. The number of carbonyl (C=O) groups is 1. The molecule has 0 heterocycles. The van der Waals surface area contributed by atoms with Gasteiger partial charge in [0.15, 0.2) is 0 Å². The van der Waals surface area contributed by atoms with E-state index >= 15 is 0 Å². The third kappa shape index (κ3) is 3.91. The van der Waals surface area contributed by atoms with Crippen LogP contribution in [0.5, 0.6) is 0 Å². The van der Waals surface area contributed by atoms with Gasteiger partial charge in [-0.3, -0.25) is 0 Å². The smallest absolute Gasteiger partial charge is 0.407 e. The van der Waals surface area contributed by atoms with Gasteiger partial charge in [0.1, 0.15) is 0 Å². The summed E-state index contributed by atoms with van der Waals surface area (Å²) < 4.78 is 0. The molecule has 0 spiro atoms. The monoisotopic (exact) mass is 257 g/mol. The molecule has 1 aromatic carbocycles. The third-order valence-electron chi connectivity index (χ3n) is 2.62. The Morgan fingerprint density at radius 3 is 2.71 bits per heavy atom. The van der Waals surface area contributed by atoms with Crippen LogP contribution in [-0.4, -0.2) is 34.8 Å². The van der Waals surface area contributed by atoms with Crippen molar-refractivity contribution in [2.75, 3.05) is 13.6 Å². The SMILES string of the molecule is C[C@@H](CN(C)C(=O)O)[C@@H](O)c1cccc(Cl)c1. The van der Waals surface area contributed by atoms with Crippen molar-refractivity contribution in [1.29, 1.82) is 0 Å². The van der Waals surface area contributed by atoms with Crippen LogP contribution in [0.2, 0.25) is 5.02 Å². The van der Waals surface area contributed by atoms with Crippen molar-refractivity contribution in [2.24, 2.45) is 5.92 Å². The number of carboxylic acid groups (broad SMARTS) is 1. The zero-order valence-electron chi connectivity index (χ0n) is 9.80. The number of nitrogens with zero attached hydrogens (tertiary/aromatic N) is 1. The standard InChI is InChI=1S/C12H16ClNO3/c1-8(7-14(2)12(16)17)11(15)9-4-3-5-10(13)6-9/h3-6,8,11,15H,7H2,1-2H3,(H,16,17)/t8-,11+/m0/s1. The Morgan fingerprint density at radius 2 is 2.18 bits per heavy atom. The first-order valence-electron chi connectivity index (χ1n) is 5.29. The molecule has 2 N–H and O–H groups in total. The molecular weight excluding hydrogens is 242 g/mol. The summed E-state index contributed by atoms with van der Waals surface area (Å²) in [6.07, 6.45) is -1.73. The summed E-state index contributed by atoms with van der Waals surface area (Å²) in [5.41, 5.74) is 0.698. The van der Waals surface area contributed by atoms with Crippen molar-refractivity contribution in [3.63, 3.8) is 0 Å². The van der Waals surface area contributed by atoms with Crippen LogP contribution in [0.15, 0.2) is 24.3 Å². The minimum Gasteiger partial charge on any atom is -0.465 e. The summed E-state index contributed by atoms with van der Waals surface area (Å²) in [6.45, 7) is 2.06. The molecule has 1 aromatic rings. The van der Waals surface area contributed by atoms with Gasteiger partial charge in [0.2, 0.25) is 0 Å². The van der Waals surface area contributed by atoms with E-state index in [0.717, 1.165) is 4.90 Å². The van der Waals surface area contributed by atoms with Gasteiger partial charge in [-0.2, -0.15) is 0 Å². The minimum absolute atomic E-state index is 0.199. The number of aliphatic hydroxyl groups is 1. The molecule has 0 aliphatic heterocycles. The fourth-order valence-electron chi connectivity index (χ4n) is 1.63. The highest BCUT2D eigenvalue weighted by Gasteiger charge is 2.20. The van der Waals surface area contributed by atoms with E-state index in [1.54, 1.807) is 31.2 Å². The summed E-state index contributed by atoms with van der Waals surface area (Å²) in [5, 5.41) is 19.4. The van der Waals surface area contributed by atoms with Crippen molar-refractivity contribution in [2.45, 2.75) is 13.0 Å². The van der Waals surface area contributed by atoms with Gasteiger partial charge < -0.3 is 15.1 Å². The number of halogens is 1. The average Bonchev–Trinajstić information content (AvgIpc) is 2.27. The number of amides is 1. The van der Waals surface area contributed by atoms with E-state index in [1.165, 1.54) is 7.05 Å². The van der Waals surface area contributed by atoms with Gasteiger partial charge >= 0.3 is 6.09 Å². The molecule has 1 amide bonds. The predicted molar refractivity (Wildman–Crippen MR) is 66.2 cm³/mol. The predicted octanol–water partition coefficient (Wildman–Crippen LogP) is 2.62. The first kappa shape index (κ1) is 13.8. The van der Waals surface area contributed by atoms with Gasteiger partial charge in [-0.15, -0.1) is 0 Å². The number of aliphatic hydroxyl groups excluding tert-OH is 1. The Kier molecular flexibility index (Phi) is 4.78. The van der Waals surface area contributed by atoms with Gasteiger partial charge in [0.05, 0.1) is 6.10 Å². The van der Waals surface area contributed by atoms with E-state index < -0.39 is 12.2 Å². The molecule has 5 heteroatoms. The molecule has 94 valence electrons. The maximum absolute atomic E-state index is 10.7. The van der Waals surface area contributed by atoms with Gasteiger partial charge in [-0.25, -0.2) is 4.79 Å². The molecule has 1 rings (SSSR count). The van der Waals surface area contributed by atoms with E-state index in [9.17, 15) is 9.90 Å². The average molecular weight is 258 g/mol. The first-order valence-corrected chi connectivity index (χ1v) is 5.67. The molecule has 17 heavy (non-hydrogen) atoms. The quantitative estimate of drug-likeness (QED) is 0.872. The normalized spacial score (nSPS) is 14.1. The number of benzene rings is 1. The lowest BCUT2D eigenvalue weighted by Gasteiger charge is -2.23. The van der Waals surface area contributed by atoms with Gasteiger partial charge in [-0.1, -0.05) is 30.7 Å². The largest absolute Gasteiger partial charge is 0.465 e. The van der Waals surface area contributed by atoms with Crippen molar-refractivity contribution < 1.29 is 15.0 Å². The topological polar surface area (TPSA) is 60.8 Å². The Morgan fingerprint density at radius 1 is 1.53 bits per heavy atom. The molecule has 0 saturated carbocycles. The van der Waals surface area contributed by atoms with Crippen molar-refractivity contribution in [3.05, 3.63) is 34.9 Å². The van der Waals surface area contributed by atoms with Crippen molar-refractivity contribution >= 4 is 17.7 Å². The van der Waals surface area contributed by atoms with Gasteiger partial charge in [0.25, 0.3) is 0 Å². The summed E-state index contributed by atoms with van der Waals surface area (Å²) in [4.78, 5) is 11.8. The van der Waals surface area contributed by atoms with Crippen molar-refractivity contribution in [3.8, 4) is 0 Å². The van der Waals surface area contributed by atoms with Crippen LogP contribution in [0, 0.1) is 5.92 Å². The molecule has 0 unspecified atom stereocenters. The third-order valence-corrected chi connectivity index (χ3v) is 2.85. The molecule has 0 bridgehead atoms. The Hall–Kier alpha value is -1.26. The maximum atomic E-state index is 10.7. The highest BCUT2D eigenvalue weighted by atomic mass is 35.5. The van der Waals surface area contributed by atoms with Gasteiger partial charge in [-0.05, 0) is 17.7 Å². The van der Waals surface area contributed by atoms with Crippen LogP contribution in [0.4, 0.5) is 4.79 Å². The Bertz CT molecular complexity index is 397. The Labute approximate surface area is 105 Å². The molecule has 0 saturated heterocycles. The minimum atomic E-state index is -1.00. The summed E-state index contributed by atoms with van der Waals surface area (Å²) in [6, 6.07) is 6.94. The second-order valence-electron chi connectivity index (χ2n) is 4.14. The molecule has 0 aromatic heterocycles. The number of hydrogen-bond acceptors (Lipinski definition) is 2.